The first-order chi connectivity index (χ1) is 7.37. The van der Waals surface area contributed by atoms with Gasteiger partial charge in [0.25, 0.3) is 0 Å². The van der Waals surface area contributed by atoms with E-state index in [1.54, 1.807) is 14.1 Å². The third-order valence-electron chi connectivity index (χ3n) is 0.609. The van der Waals surface area contributed by atoms with Gasteiger partial charge in [-0.2, -0.15) is 0 Å². The molecule has 102 valence electrons. The van der Waals surface area contributed by atoms with Gasteiger partial charge in [-0.15, -0.1) is 0 Å². The molecule has 0 saturated carbocycles. The Morgan fingerprint density at radius 2 is 1.24 bits per heavy atom. The summed E-state index contributed by atoms with van der Waals surface area (Å²) in [4.78, 5) is 21.4. The van der Waals surface area contributed by atoms with Crippen LogP contribution >= 0.6 is 69.6 Å². The van der Waals surface area contributed by atoms with E-state index < -0.39 is 14.1 Å². The van der Waals surface area contributed by atoms with Gasteiger partial charge >= 0.3 is 14.1 Å². The lowest BCUT2D eigenvalue weighted by atomic mass is 11.0. The van der Waals surface area contributed by atoms with Gasteiger partial charge in [0.05, 0.1) is 0 Å². The van der Waals surface area contributed by atoms with Gasteiger partial charge in [0.15, 0.2) is 0 Å². The third-order valence-corrected chi connectivity index (χ3v) is 1.07. The van der Waals surface area contributed by atoms with Crippen molar-refractivity contribution in [3.8, 4) is 0 Å². The van der Waals surface area contributed by atoms with E-state index in [9.17, 15) is 9.59 Å². The van der Waals surface area contributed by atoms with Crippen LogP contribution in [0.2, 0.25) is 0 Å². The summed E-state index contributed by atoms with van der Waals surface area (Å²) < 4.78 is 3.50. The molecule has 0 bridgehead atoms. The summed E-state index contributed by atoms with van der Waals surface area (Å²) in [5, 5.41) is 0. The van der Waals surface area contributed by atoms with Crippen LogP contribution in [0.4, 0.5) is 4.79 Å². The molecule has 1 amide bonds. The van der Waals surface area contributed by atoms with Crippen LogP contribution in [-0.2, 0) is 14.3 Å². The first-order valence-corrected chi connectivity index (χ1v) is 5.81. The summed E-state index contributed by atoms with van der Waals surface area (Å²) in [5.41, 5.74) is 0. The molecule has 0 aromatic heterocycles. The maximum Gasteiger partial charge on any atom is 0.515 e. The molecular formula is C6H7Cl6NO4. The molecule has 0 rings (SSSR count). The van der Waals surface area contributed by atoms with Crippen LogP contribution in [0, 0.1) is 0 Å². The number of alkyl halides is 6. The van der Waals surface area contributed by atoms with Crippen LogP contribution in [0.25, 0.3) is 0 Å². The minimum atomic E-state index is -2.24. The van der Waals surface area contributed by atoms with Gasteiger partial charge in [0.2, 0.25) is 6.41 Å². The Hall–Kier alpha value is 0.480. The molecular weight excluding hydrogens is 363 g/mol. The molecule has 0 aliphatic carbocycles. The SMILES string of the molecule is CN(C)C=O.O=C(OC(Cl)(Cl)Cl)OC(Cl)(Cl)Cl. The molecule has 0 aliphatic rings. The average Bonchev–Trinajstić information content (AvgIpc) is 1.97. The highest BCUT2D eigenvalue weighted by Gasteiger charge is 2.32. The third kappa shape index (κ3) is 22.2. The molecule has 11 heteroatoms. The summed E-state index contributed by atoms with van der Waals surface area (Å²) >= 11 is 30.2. The van der Waals surface area contributed by atoms with Gasteiger partial charge in [-0.25, -0.2) is 4.79 Å². The van der Waals surface area contributed by atoms with Gasteiger partial charge in [-0.3, -0.25) is 4.79 Å². The molecule has 0 aromatic rings. The molecule has 0 radical (unpaired) electrons. The summed E-state index contributed by atoms with van der Waals surface area (Å²) in [7, 11) is 3.38. The van der Waals surface area contributed by atoms with E-state index in [0.29, 0.717) is 0 Å². The smallest absolute Gasteiger partial charge is 0.382 e. The highest BCUT2D eigenvalue weighted by Crippen LogP contribution is 2.32. The molecule has 0 spiro atoms. The lowest BCUT2D eigenvalue weighted by Crippen LogP contribution is -2.22. The number of carbonyl (C=O) groups excluding carboxylic acids is 2. The normalized spacial score (nSPS) is 10.8. The first-order valence-electron chi connectivity index (χ1n) is 3.54. The first kappa shape index (κ1) is 19.8. The predicted octanol–water partition coefficient (Wildman–Crippen LogP) is 3.50. The van der Waals surface area contributed by atoms with Gasteiger partial charge in [0.1, 0.15) is 0 Å². The number of ether oxygens (including phenoxy) is 2. The molecule has 0 aromatic carbocycles. The molecule has 0 heterocycles. The lowest BCUT2D eigenvalue weighted by molar-refractivity contribution is -0.115. The minimum Gasteiger partial charge on any atom is -0.382 e. The van der Waals surface area contributed by atoms with Crippen molar-refractivity contribution in [2.75, 3.05) is 14.1 Å². The van der Waals surface area contributed by atoms with E-state index in [1.807, 2.05) is 0 Å². The minimum absolute atomic E-state index is 0.750. The second kappa shape index (κ2) is 8.56. The van der Waals surface area contributed by atoms with E-state index >= 15 is 0 Å². The van der Waals surface area contributed by atoms with Crippen LogP contribution in [0.3, 0.4) is 0 Å². The fourth-order valence-electron chi connectivity index (χ4n) is 0.210. The Morgan fingerprint density at radius 1 is 1.00 bits per heavy atom. The zero-order valence-electron chi connectivity index (χ0n) is 8.43. The van der Waals surface area contributed by atoms with Crippen molar-refractivity contribution in [3.63, 3.8) is 0 Å². The maximum absolute atomic E-state index is 10.5. The second-order valence-corrected chi connectivity index (χ2v) is 6.77. The van der Waals surface area contributed by atoms with E-state index in [4.69, 9.17) is 69.6 Å². The van der Waals surface area contributed by atoms with Gasteiger partial charge in [0, 0.05) is 14.1 Å². The number of hydrogen-bond acceptors (Lipinski definition) is 4. The maximum atomic E-state index is 10.5. The summed E-state index contributed by atoms with van der Waals surface area (Å²) in [6, 6.07) is 0. The summed E-state index contributed by atoms with van der Waals surface area (Å²) in [6.45, 7) is 0. The van der Waals surface area contributed by atoms with Crippen molar-refractivity contribution in [1.82, 2.24) is 4.90 Å². The van der Waals surface area contributed by atoms with Crippen molar-refractivity contribution in [2.24, 2.45) is 0 Å². The van der Waals surface area contributed by atoms with E-state index in [-0.39, 0.29) is 0 Å². The van der Waals surface area contributed by atoms with Crippen molar-refractivity contribution >= 4 is 82.2 Å². The van der Waals surface area contributed by atoms with Crippen molar-refractivity contribution in [2.45, 2.75) is 7.96 Å². The van der Waals surface area contributed by atoms with Gasteiger partial charge in [-0.1, -0.05) is 0 Å². The van der Waals surface area contributed by atoms with Crippen molar-refractivity contribution in [1.29, 1.82) is 0 Å². The van der Waals surface area contributed by atoms with E-state index in [1.165, 1.54) is 4.90 Å². The number of carbonyl (C=O) groups is 2. The highest BCUT2D eigenvalue weighted by atomic mass is 35.6. The molecule has 0 unspecified atom stereocenters. The molecule has 0 atom stereocenters. The molecule has 17 heavy (non-hydrogen) atoms. The second-order valence-electron chi connectivity index (χ2n) is 2.41. The monoisotopic (exact) mass is 367 g/mol. The average molecular weight is 370 g/mol. The van der Waals surface area contributed by atoms with E-state index in [2.05, 4.69) is 9.47 Å². The Bertz CT molecular complexity index is 230. The van der Waals surface area contributed by atoms with Gasteiger partial charge in [-0.05, 0) is 69.6 Å². The molecule has 0 saturated heterocycles. The quantitative estimate of drug-likeness (QED) is 0.403. The molecule has 5 nitrogen and oxygen atoms in total. The number of hydrogen-bond donors (Lipinski definition) is 0. The fraction of sp³-hybridized carbons (Fsp3) is 0.667. The largest absolute Gasteiger partial charge is 0.515 e. The van der Waals surface area contributed by atoms with Crippen LogP contribution in [0.1, 0.15) is 0 Å². The number of nitrogens with zero attached hydrogens (tertiary/aromatic N) is 1. The topological polar surface area (TPSA) is 55.8 Å². The summed E-state index contributed by atoms with van der Waals surface area (Å²) in [5.74, 6) is 0. The summed E-state index contributed by atoms with van der Waals surface area (Å²) in [6.07, 6.45) is -0.657. The van der Waals surface area contributed by atoms with Crippen molar-refractivity contribution in [3.05, 3.63) is 0 Å². The molecule has 0 aliphatic heterocycles. The highest BCUT2D eigenvalue weighted by molar-refractivity contribution is 6.67. The Balaban J connectivity index is 0. The molecule has 0 N–H and O–H groups in total. The lowest BCUT2D eigenvalue weighted by Gasteiger charge is -2.15. The Kier molecular flexibility index (Phi) is 9.97. The van der Waals surface area contributed by atoms with Crippen LogP contribution < -0.4 is 0 Å². The predicted molar refractivity (Wildman–Crippen MR) is 67.9 cm³/mol. The number of amides is 1. The zero-order valence-corrected chi connectivity index (χ0v) is 13.0. The standard InChI is InChI=1S/C3Cl6O3.C3H7NO/c4-2(5,6)11-1(10)12-3(7,8)9;1-4(2)3-5/h;3H,1-2H3. The van der Waals surface area contributed by atoms with Crippen LogP contribution in [0.5, 0.6) is 0 Å². The molecule has 0 fully saturated rings. The Labute approximate surface area is 128 Å². The fourth-order valence-corrected chi connectivity index (χ4v) is 0.588. The van der Waals surface area contributed by atoms with Crippen LogP contribution in [0.15, 0.2) is 0 Å². The number of halogens is 6. The van der Waals surface area contributed by atoms with Crippen LogP contribution in [-0.4, -0.2) is 39.5 Å². The van der Waals surface area contributed by atoms with E-state index in [0.717, 1.165) is 6.41 Å². The zero-order chi connectivity index (χ0) is 14.3. The number of rotatable bonds is 1. The van der Waals surface area contributed by atoms with Gasteiger partial charge < -0.3 is 14.4 Å². The Morgan fingerprint density at radius 3 is 1.35 bits per heavy atom. The van der Waals surface area contributed by atoms with Crippen molar-refractivity contribution < 1.29 is 19.1 Å².